The smallest absolute Gasteiger partial charge is 0.251 e. The highest BCUT2D eigenvalue weighted by molar-refractivity contribution is 6.22. The molecule has 2 aliphatic rings. The van der Waals surface area contributed by atoms with E-state index in [1.807, 2.05) is 11.0 Å². The maximum atomic E-state index is 13.1. The second kappa shape index (κ2) is 7.04. The molecule has 0 unspecified atom stereocenters. The molecule has 138 valence electrons. The first-order chi connectivity index (χ1) is 13.0. The third-order valence-corrected chi connectivity index (χ3v) is 5.10. The van der Waals surface area contributed by atoms with Crippen LogP contribution in [0.25, 0.3) is 5.57 Å². The zero-order chi connectivity index (χ0) is 19.0. The van der Waals surface area contributed by atoms with Crippen LogP contribution in [0.5, 0.6) is 0 Å². The second-order valence-electron chi connectivity index (χ2n) is 6.74. The van der Waals surface area contributed by atoms with Crippen molar-refractivity contribution in [2.24, 2.45) is 0 Å². The van der Waals surface area contributed by atoms with Crippen LogP contribution in [-0.4, -0.2) is 35.8 Å². The lowest BCUT2D eigenvalue weighted by Gasteiger charge is -2.30. The third kappa shape index (κ3) is 3.40. The van der Waals surface area contributed by atoms with Crippen LogP contribution < -0.4 is 4.90 Å². The van der Waals surface area contributed by atoms with Crippen LogP contribution in [-0.2, 0) is 9.59 Å². The predicted molar refractivity (Wildman–Crippen MR) is 97.9 cm³/mol. The molecule has 2 aromatic carbocycles. The second-order valence-corrected chi connectivity index (χ2v) is 6.74. The van der Waals surface area contributed by atoms with Crippen molar-refractivity contribution >= 4 is 23.1 Å². The number of carbonyl (C=O) groups excluding carboxylic acids is 2. The average molecular weight is 368 g/mol. The van der Waals surface area contributed by atoms with Gasteiger partial charge in [0.15, 0.2) is 0 Å². The van der Waals surface area contributed by atoms with Gasteiger partial charge >= 0.3 is 0 Å². The van der Waals surface area contributed by atoms with Gasteiger partial charge in [0.2, 0.25) is 5.91 Å². The molecule has 27 heavy (non-hydrogen) atoms. The molecule has 0 bridgehead atoms. The molecule has 0 radical (unpaired) electrons. The Morgan fingerprint density at radius 3 is 2.11 bits per heavy atom. The van der Waals surface area contributed by atoms with Crippen LogP contribution in [0.3, 0.4) is 0 Å². The first-order valence-corrected chi connectivity index (χ1v) is 8.84. The van der Waals surface area contributed by atoms with Crippen LogP contribution in [0.2, 0.25) is 0 Å². The summed E-state index contributed by atoms with van der Waals surface area (Å²) in [6, 6.07) is 11.2. The Morgan fingerprint density at radius 2 is 1.52 bits per heavy atom. The molecule has 2 heterocycles. The van der Waals surface area contributed by atoms with Gasteiger partial charge in [0, 0.05) is 13.1 Å². The molecule has 4 rings (SSSR count). The number of hydrogen-bond acceptors (Lipinski definition) is 3. The summed E-state index contributed by atoms with van der Waals surface area (Å²) in [4.78, 5) is 28.3. The molecular formula is C21H18F2N2O2. The van der Waals surface area contributed by atoms with Crippen molar-refractivity contribution in [1.82, 2.24) is 4.90 Å². The van der Waals surface area contributed by atoms with Crippen molar-refractivity contribution in [3.05, 3.63) is 71.8 Å². The van der Waals surface area contributed by atoms with Gasteiger partial charge in [0.1, 0.15) is 11.6 Å². The van der Waals surface area contributed by atoms with Gasteiger partial charge in [-0.25, -0.2) is 13.7 Å². The van der Waals surface area contributed by atoms with Crippen molar-refractivity contribution < 1.29 is 18.4 Å². The lowest BCUT2D eigenvalue weighted by atomic mass is 9.98. The summed E-state index contributed by atoms with van der Waals surface area (Å²) in [5, 5.41) is 0. The van der Waals surface area contributed by atoms with E-state index in [4.69, 9.17) is 0 Å². The molecule has 1 saturated heterocycles. The number of carbonyl (C=O) groups is 2. The van der Waals surface area contributed by atoms with Crippen LogP contribution >= 0.6 is 0 Å². The average Bonchev–Trinajstić information content (AvgIpc) is 2.98. The van der Waals surface area contributed by atoms with E-state index < -0.39 is 11.9 Å². The fourth-order valence-corrected chi connectivity index (χ4v) is 3.66. The minimum Gasteiger partial charge on any atom is -0.287 e. The van der Waals surface area contributed by atoms with Crippen molar-refractivity contribution in [2.75, 3.05) is 18.0 Å². The highest BCUT2D eigenvalue weighted by atomic mass is 19.1. The molecule has 0 aliphatic carbocycles. The summed E-state index contributed by atoms with van der Waals surface area (Å²) in [5.41, 5.74) is 2.48. The van der Waals surface area contributed by atoms with Gasteiger partial charge in [0.05, 0.1) is 18.2 Å². The quantitative estimate of drug-likeness (QED) is 0.780. The Balaban J connectivity index is 1.48. The van der Waals surface area contributed by atoms with Crippen molar-refractivity contribution in [1.29, 1.82) is 0 Å². The molecule has 0 saturated carbocycles. The topological polar surface area (TPSA) is 40.6 Å². The van der Waals surface area contributed by atoms with Gasteiger partial charge in [-0.1, -0.05) is 18.2 Å². The fourth-order valence-electron chi connectivity index (χ4n) is 3.66. The van der Waals surface area contributed by atoms with Gasteiger partial charge in [0.25, 0.3) is 5.91 Å². The summed E-state index contributed by atoms with van der Waals surface area (Å²) >= 11 is 0. The lowest BCUT2D eigenvalue weighted by molar-refractivity contribution is -0.122. The molecule has 2 aromatic rings. The number of amides is 2. The standard InChI is InChI=1S/C21H18F2N2O2/c22-16-3-1-14(2-4-16)15-9-11-24(12-10-15)19-13-20(26)25(21(19)27)18-7-5-17(23)6-8-18/h1-9,19H,10-13H2/t19-/m0/s1. The van der Waals surface area contributed by atoms with Gasteiger partial charge in [-0.2, -0.15) is 0 Å². The van der Waals surface area contributed by atoms with E-state index in [9.17, 15) is 18.4 Å². The van der Waals surface area contributed by atoms with Gasteiger partial charge in [-0.3, -0.25) is 14.5 Å². The molecular weight excluding hydrogens is 350 g/mol. The number of rotatable bonds is 3. The van der Waals surface area contributed by atoms with E-state index in [0.717, 1.165) is 22.5 Å². The van der Waals surface area contributed by atoms with Crippen LogP contribution in [0.1, 0.15) is 18.4 Å². The van der Waals surface area contributed by atoms with E-state index in [1.165, 1.54) is 36.4 Å². The molecule has 2 amide bonds. The van der Waals surface area contributed by atoms with Crippen molar-refractivity contribution in [3.8, 4) is 0 Å². The first-order valence-electron chi connectivity index (χ1n) is 8.84. The maximum Gasteiger partial charge on any atom is 0.251 e. The molecule has 0 spiro atoms. The highest BCUT2D eigenvalue weighted by Gasteiger charge is 2.42. The Morgan fingerprint density at radius 1 is 0.889 bits per heavy atom. The van der Waals surface area contributed by atoms with Crippen molar-refractivity contribution in [3.63, 3.8) is 0 Å². The summed E-state index contributed by atoms with van der Waals surface area (Å²) in [7, 11) is 0. The summed E-state index contributed by atoms with van der Waals surface area (Å²) in [5.74, 6) is -1.23. The molecule has 0 aromatic heterocycles. The number of benzene rings is 2. The van der Waals surface area contributed by atoms with E-state index in [1.54, 1.807) is 12.1 Å². The molecule has 1 atom stereocenters. The monoisotopic (exact) mass is 368 g/mol. The van der Waals surface area contributed by atoms with Gasteiger partial charge < -0.3 is 0 Å². The molecule has 0 N–H and O–H groups in total. The Hall–Kier alpha value is -2.86. The number of anilines is 1. The zero-order valence-electron chi connectivity index (χ0n) is 14.6. The highest BCUT2D eigenvalue weighted by Crippen LogP contribution is 2.29. The van der Waals surface area contributed by atoms with E-state index in [2.05, 4.69) is 0 Å². The molecule has 1 fully saturated rings. The van der Waals surface area contributed by atoms with Crippen LogP contribution in [0, 0.1) is 11.6 Å². The minimum atomic E-state index is -0.506. The molecule has 6 heteroatoms. The predicted octanol–water partition coefficient (Wildman–Crippen LogP) is 3.39. The largest absolute Gasteiger partial charge is 0.287 e. The SMILES string of the molecule is O=C1C[C@H](N2CC=C(c3ccc(F)cc3)CC2)C(=O)N1c1ccc(F)cc1. The number of nitrogens with zero attached hydrogens (tertiary/aromatic N) is 2. The van der Waals surface area contributed by atoms with Crippen LogP contribution in [0.4, 0.5) is 14.5 Å². The summed E-state index contributed by atoms with van der Waals surface area (Å²) in [6.07, 6.45) is 2.87. The van der Waals surface area contributed by atoms with E-state index in [-0.39, 0.29) is 24.1 Å². The summed E-state index contributed by atoms with van der Waals surface area (Å²) in [6.45, 7) is 1.19. The molecule has 4 nitrogen and oxygen atoms in total. The summed E-state index contributed by atoms with van der Waals surface area (Å²) < 4.78 is 26.2. The molecule has 2 aliphatic heterocycles. The number of imide groups is 1. The Bertz CT molecular complexity index is 907. The van der Waals surface area contributed by atoms with Gasteiger partial charge in [-0.15, -0.1) is 0 Å². The Kier molecular flexibility index (Phi) is 4.58. The normalized spacial score (nSPS) is 20.9. The minimum absolute atomic E-state index is 0.121. The van der Waals surface area contributed by atoms with Crippen LogP contribution in [0.15, 0.2) is 54.6 Å². The van der Waals surface area contributed by atoms with Crippen molar-refractivity contribution in [2.45, 2.75) is 18.9 Å². The third-order valence-electron chi connectivity index (χ3n) is 5.10. The fraction of sp³-hybridized carbons (Fsp3) is 0.238. The number of hydrogen-bond donors (Lipinski definition) is 0. The number of halogens is 2. The Labute approximate surface area is 155 Å². The first kappa shape index (κ1) is 17.5. The van der Waals surface area contributed by atoms with E-state index in [0.29, 0.717) is 18.8 Å². The lowest BCUT2D eigenvalue weighted by Crippen LogP contribution is -2.44. The maximum absolute atomic E-state index is 13.1. The zero-order valence-corrected chi connectivity index (χ0v) is 14.6. The van der Waals surface area contributed by atoms with Gasteiger partial charge in [-0.05, 0) is 54.0 Å². The van der Waals surface area contributed by atoms with E-state index >= 15 is 0 Å².